The molecule has 3 heteroatoms. The quantitative estimate of drug-likeness (QED) is 0.808. The zero-order chi connectivity index (χ0) is 11.6. The first-order chi connectivity index (χ1) is 7.71. The number of thiol groups is 1. The van der Waals surface area contributed by atoms with Crippen LogP contribution in [-0.4, -0.2) is 19.3 Å². The summed E-state index contributed by atoms with van der Waals surface area (Å²) in [6, 6.07) is 10.00. The van der Waals surface area contributed by atoms with Crippen molar-refractivity contribution in [3.63, 3.8) is 0 Å². The minimum atomic E-state index is 0.389. The Morgan fingerprint density at radius 2 is 2.12 bits per heavy atom. The molecule has 0 aromatic heterocycles. The van der Waals surface area contributed by atoms with Crippen LogP contribution in [0.5, 0.6) is 0 Å². The van der Waals surface area contributed by atoms with E-state index in [9.17, 15) is 0 Å². The monoisotopic (exact) mass is 232 g/mol. The summed E-state index contributed by atoms with van der Waals surface area (Å²) in [6.45, 7) is 0.995. The summed E-state index contributed by atoms with van der Waals surface area (Å²) in [5, 5.41) is 9.05. The Labute approximate surface area is 102 Å². The Morgan fingerprint density at radius 1 is 1.44 bits per heavy atom. The SMILES string of the molecule is CN(CC1(CS)CC1)c1ccccc1C#N. The molecule has 1 aliphatic carbocycles. The standard InChI is InChI=1S/C13H16N2S/c1-15(9-13(10-16)6-7-13)12-5-3-2-4-11(12)8-14/h2-5,16H,6-7,9-10H2,1H3. The van der Waals surface area contributed by atoms with Crippen LogP contribution in [0, 0.1) is 16.7 Å². The summed E-state index contributed by atoms with van der Waals surface area (Å²) >= 11 is 4.41. The first-order valence-electron chi connectivity index (χ1n) is 5.52. The lowest BCUT2D eigenvalue weighted by Crippen LogP contribution is -2.28. The van der Waals surface area contributed by atoms with Crippen molar-refractivity contribution >= 4 is 18.3 Å². The van der Waals surface area contributed by atoms with Crippen LogP contribution in [0.15, 0.2) is 24.3 Å². The fraction of sp³-hybridized carbons (Fsp3) is 0.462. The van der Waals surface area contributed by atoms with Gasteiger partial charge in [-0.15, -0.1) is 0 Å². The lowest BCUT2D eigenvalue weighted by molar-refractivity contribution is 0.581. The molecule has 16 heavy (non-hydrogen) atoms. The van der Waals surface area contributed by atoms with Crippen molar-refractivity contribution in [1.29, 1.82) is 5.26 Å². The van der Waals surface area contributed by atoms with Crippen LogP contribution in [0.4, 0.5) is 5.69 Å². The largest absolute Gasteiger partial charge is 0.373 e. The molecule has 0 unspecified atom stereocenters. The fourth-order valence-corrected chi connectivity index (χ4v) is 2.45. The molecule has 0 aliphatic heterocycles. The number of para-hydroxylation sites is 1. The second-order valence-corrected chi connectivity index (χ2v) is 4.96. The lowest BCUT2D eigenvalue weighted by atomic mass is 10.1. The lowest BCUT2D eigenvalue weighted by Gasteiger charge is -2.25. The third-order valence-electron chi connectivity index (χ3n) is 3.30. The molecule has 0 radical (unpaired) electrons. The first-order valence-corrected chi connectivity index (χ1v) is 6.15. The van der Waals surface area contributed by atoms with Crippen molar-refractivity contribution in [2.75, 3.05) is 24.2 Å². The molecule has 2 rings (SSSR count). The number of benzene rings is 1. The van der Waals surface area contributed by atoms with Crippen LogP contribution in [0.25, 0.3) is 0 Å². The maximum Gasteiger partial charge on any atom is 0.101 e. The summed E-state index contributed by atoms with van der Waals surface area (Å²) in [5.41, 5.74) is 2.17. The Hall–Kier alpha value is -1.14. The second kappa shape index (κ2) is 4.39. The van der Waals surface area contributed by atoms with E-state index in [2.05, 4.69) is 30.6 Å². The highest BCUT2D eigenvalue weighted by Gasteiger charge is 2.42. The topological polar surface area (TPSA) is 27.0 Å². The van der Waals surface area contributed by atoms with Crippen LogP contribution >= 0.6 is 12.6 Å². The summed E-state index contributed by atoms with van der Waals surface area (Å²) in [4.78, 5) is 2.18. The average molecular weight is 232 g/mol. The molecule has 0 spiro atoms. The van der Waals surface area contributed by atoms with E-state index in [1.807, 2.05) is 24.3 Å². The molecular formula is C13H16N2S. The van der Waals surface area contributed by atoms with Crippen LogP contribution in [-0.2, 0) is 0 Å². The van der Waals surface area contributed by atoms with E-state index < -0.39 is 0 Å². The highest BCUT2D eigenvalue weighted by Crippen LogP contribution is 2.47. The third-order valence-corrected chi connectivity index (χ3v) is 3.97. The van der Waals surface area contributed by atoms with E-state index in [-0.39, 0.29) is 0 Å². The molecule has 0 amide bonds. The van der Waals surface area contributed by atoms with Gasteiger partial charge >= 0.3 is 0 Å². The van der Waals surface area contributed by atoms with Gasteiger partial charge in [0.25, 0.3) is 0 Å². The van der Waals surface area contributed by atoms with Crippen molar-refractivity contribution < 1.29 is 0 Å². The highest BCUT2D eigenvalue weighted by molar-refractivity contribution is 7.80. The fourth-order valence-electron chi connectivity index (χ4n) is 2.03. The zero-order valence-electron chi connectivity index (χ0n) is 9.48. The molecule has 0 N–H and O–H groups in total. The molecule has 0 bridgehead atoms. The van der Waals surface area contributed by atoms with Gasteiger partial charge in [-0.05, 0) is 36.1 Å². The number of rotatable bonds is 4. The van der Waals surface area contributed by atoms with Gasteiger partial charge in [-0.3, -0.25) is 0 Å². The van der Waals surface area contributed by atoms with E-state index in [0.29, 0.717) is 5.41 Å². The predicted octanol–water partition coefficient (Wildman–Crippen LogP) is 2.70. The van der Waals surface area contributed by atoms with E-state index in [4.69, 9.17) is 5.26 Å². The van der Waals surface area contributed by atoms with Gasteiger partial charge in [-0.25, -0.2) is 0 Å². The first kappa shape index (κ1) is 11.3. The minimum Gasteiger partial charge on any atom is -0.373 e. The van der Waals surface area contributed by atoms with Crippen molar-refractivity contribution in [3.05, 3.63) is 29.8 Å². The normalized spacial score (nSPS) is 16.6. The zero-order valence-corrected chi connectivity index (χ0v) is 10.4. The molecule has 2 nitrogen and oxygen atoms in total. The maximum atomic E-state index is 9.05. The summed E-state index contributed by atoms with van der Waals surface area (Å²) in [6.07, 6.45) is 2.52. The summed E-state index contributed by atoms with van der Waals surface area (Å²) < 4.78 is 0. The van der Waals surface area contributed by atoms with Crippen LogP contribution in [0.2, 0.25) is 0 Å². The maximum absolute atomic E-state index is 9.05. The van der Waals surface area contributed by atoms with Gasteiger partial charge in [0.15, 0.2) is 0 Å². The van der Waals surface area contributed by atoms with Crippen molar-refractivity contribution in [3.8, 4) is 6.07 Å². The summed E-state index contributed by atoms with van der Waals surface area (Å²) in [5.74, 6) is 0.937. The number of nitriles is 1. The van der Waals surface area contributed by atoms with Crippen LogP contribution in [0.3, 0.4) is 0 Å². The summed E-state index contributed by atoms with van der Waals surface area (Å²) in [7, 11) is 2.06. The van der Waals surface area contributed by atoms with Gasteiger partial charge in [-0.1, -0.05) is 12.1 Å². The second-order valence-electron chi connectivity index (χ2n) is 4.64. The number of nitrogens with zero attached hydrogens (tertiary/aromatic N) is 2. The third kappa shape index (κ3) is 2.17. The average Bonchev–Trinajstić information content (AvgIpc) is 3.09. The van der Waals surface area contributed by atoms with Crippen molar-refractivity contribution in [2.24, 2.45) is 5.41 Å². The predicted molar refractivity (Wildman–Crippen MR) is 69.9 cm³/mol. The van der Waals surface area contributed by atoms with Crippen molar-refractivity contribution in [2.45, 2.75) is 12.8 Å². The number of anilines is 1. The molecule has 84 valence electrons. The van der Waals surface area contributed by atoms with E-state index in [0.717, 1.165) is 23.5 Å². The van der Waals surface area contributed by atoms with E-state index in [1.165, 1.54) is 12.8 Å². The molecule has 0 heterocycles. The molecule has 1 aromatic rings. The van der Waals surface area contributed by atoms with Gasteiger partial charge in [0.2, 0.25) is 0 Å². The Balaban J connectivity index is 2.15. The van der Waals surface area contributed by atoms with Crippen molar-refractivity contribution in [1.82, 2.24) is 0 Å². The van der Waals surface area contributed by atoms with Gasteiger partial charge in [0.1, 0.15) is 6.07 Å². The minimum absolute atomic E-state index is 0.389. The van der Waals surface area contributed by atoms with Crippen LogP contribution < -0.4 is 4.90 Å². The van der Waals surface area contributed by atoms with E-state index in [1.54, 1.807) is 0 Å². The number of hydrogen-bond acceptors (Lipinski definition) is 3. The smallest absolute Gasteiger partial charge is 0.101 e. The Morgan fingerprint density at radius 3 is 2.69 bits per heavy atom. The number of hydrogen-bond donors (Lipinski definition) is 1. The van der Waals surface area contributed by atoms with Gasteiger partial charge in [0, 0.05) is 13.6 Å². The molecule has 1 aliphatic rings. The molecule has 0 atom stereocenters. The molecule has 0 saturated heterocycles. The Bertz CT molecular complexity index is 418. The molecule has 1 fully saturated rings. The molecular weight excluding hydrogens is 216 g/mol. The van der Waals surface area contributed by atoms with Crippen LogP contribution in [0.1, 0.15) is 18.4 Å². The highest BCUT2D eigenvalue weighted by atomic mass is 32.1. The van der Waals surface area contributed by atoms with Gasteiger partial charge < -0.3 is 4.90 Å². The van der Waals surface area contributed by atoms with E-state index >= 15 is 0 Å². The molecule has 1 aromatic carbocycles. The molecule has 1 saturated carbocycles. The Kier molecular flexibility index (Phi) is 3.11. The van der Waals surface area contributed by atoms with Gasteiger partial charge in [-0.2, -0.15) is 17.9 Å². The van der Waals surface area contributed by atoms with Gasteiger partial charge in [0.05, 0.1) is 11.3 Å².